The summed E-state index contributed by atoms with van der Waals surface area (Å²) in [4.78, 5) is 2.26. The number of anilines is 1. The fourth-order valence-electron chi connectivity index (χ4n) is 2.16. The minimum atomic E-state index is -0.329. The summed E-state index contributed by atoms with van der Waals surface area (Å²) in [6.07, 6.45) is 1.16. The molecule has 0 spiro atoms. The van der Waals surface area contributed by atoms with Gasteiger partial charge in [0.1, 0.15) is 6.26 Å². The zero-order chi connectivity index (χ0) is 11.0. The highest BCUT2D eigenvalue weighted by Gasteiger charge is 2.19. The van der Waals surface area contributed by atoms with Crippen LogP contribution in [0.2, 0.25) is 0 Å². The van der Waals surface area contributed by atoms with Crippen molar-refractivity contribution in [2.75, 3.05) is 31.1 Å². The SMILES string of the molecule is Fc1coc2c(N3CCNCC3)ccc-2c1. The molecule has 3 aliphatic rings. The van der Waals surface area contributed by atoms with Crippen molar-refractivity contribution in [1.29, 1.82) is 0 Å². The van der Waals surface area contributed by atoms with Crippen molar-refractivity contribution >= 4 is 5.69 Å². The van der Waals surface area contributed by atoms with Crippen LogP contribution in [-0.2, 0) is 0 Å². The standard InChI is InChI=1S/C12H13FN2O/c13-10-7-9-1-2-11(12(9)16-8-10)15-5-3-14-4-6-15/h1-2,7-8,14H,3-6H2. The van der Waals surface area contributed by atoms with Gasteiger partial charge in [0.15, 0.2) is 11.6 Å². The second-order valence-electron chi connectivity index (χ2n) is 4.01. The van der Waals surface area contributed by atoms with Crippen molar-refractivity contribution in [3.05, 3.63) is 30.3 Å². The van der Waals surface area contributed by atoms with E-state index in [-0.39, 0.29) is 5.82 Å². The number of hydrogen-bond donors (Lipinski definition) is 1. The Morgan fingerprint density at radius 3 is 2.88 bits per heavy atom. The zero-order valence-electron chi connectivity index (χ0n) is 8.87. The molecule has 0 amide bonds. The molecule has 1 fully saturated rings. The maximum atomic E-state index is 13.0. The van der Waals surface area contributed by atoms with Gasteiger partial charge in [-0.15, -0.1) is 0 Å². The molecule has 1 saturated heterocycles. The number of halogens is 1. The van der Waals surface area contributed by atoms with Gasteiger partial charge in [-0.2, -0.15) is 0 Å². The van der Waals surface area contributed by atoms with Gasteiger partial charge in [-0.3, -0.25) is 0 Å². The lowest BCUT2D eigenvalue weighted by Gasteiger charge is -2.29. The molecule has 3 rings (SSSR count). The van der Waals surface area contributed by atoms with Crippen molar-refractivity contribution in [2.24, 2.45) is 0 Å². The van der Waals surface area contributed by atoms with Crippen molar-refractivity contribution in [3.63, 3.8) is 0 Å². The van der Waals surface area contributed by atoms with Gasteiger partial charge in [-0.25, -0.2) is 4.39 Å². The molecule has 3 nitrogen and oxygen atoms in total. The molecule has 16 heavy (non-hydrogen) atoms. The molecular formula is C12H13FN2O. The van der Waals surface area contributed by atoms with Gasteiger partial charge < -0.3 is 14.6 Å². The van der Waals surface area contributed by atoms with E-state index in [9.17, 15) is 4.39 Å². The maximum Gasteiger partial charge on any atom is 0.158 e. The Morgan fingerprint density at radius 1 is 1.25 bits per heavy atom. The molecule has 2 aliphatic heterocycles. The normalized spacial score (nSPS) is 16.9. The van der Waals surface area contributed by atoms with E-state index in [0.29, 0.717) is 0 Å². The van der Waals surface area contributed by atoms with E-state index >= 15 is 0 Å². The molecule has 0 aromatic heterocycles. The van der Waals surface area contributed by atoms with E-state index in [1.54, 1.807) is 0 Å². The zero-order valence-corrected chi connectivity index (χ0v) is 8.87. The fourth-order valence-corrected chi connectivity index (χ4v) is 2.16. The maximum absolute atomic E-state index is 13.0. The summed E-state index contributed by atoms with van der Waals surface area (Å²) in [7, 11) is 0. The van der Waals surface area contributed by atoms with Gasteiger partial charge >= 0.3 is 0 Å². The summed E-state index contributed by atoms with van der Waals surface area (Å²) in [5, 5.41) is 3.30. The number of nitrogens with one attached hydrogen (secondary N) is 1. The predicted octanol–water partition coefficient (Wildman–Crippen LogP) is 1.93. The average molecular weight is 220 g/mol. The third-order valence-electron chi connectivity index (χ3n) is 2.96. The van der Waals surface area contributed by atoms with E-state index < -0.39 is 0 Å². The summed E-state index contributed by atoms with van der Waals surface area (Å²) < 4.78 is 18.3. The highest BCUT2D eigenvalue weighted by Crippen LogP contribution is 2.35. The van der Waals surface area contributed by atoms with Gasteiger partial charge in [-0.1, -0.05) is 0 Å². The van der Waals surface area contributed by atoms with E-state index in [0.717, 1.165) is 49.5 Å². The van der Waals surface area contributed by atoms with E-state index in [2.05, 4.69) is 10.2 Å². The van der Waals surface area contributed by atoms with Gasteiger partial charge in [0.05, 0.1) is 5.69 Å². The lowest BCUT2D eigenvalue weighted by molar-refractivity contribution is 0.499. The first-order valence-electron chi connectivity index (χ1n) is 5.47. The van der Waals surface area contributed by atoms with Crippen LogP contribution >= 0.6 is 0 Å². The molecule has 84 valence electrons. The highest BCUT2D eigenvalue weighted by molar-refractivity contribution is 5.77. The quantitative estimate of drug-likeness (QED) is 0.796. The van der Waals surface area contributed by atoms with Crippen LogP contribution in [0.4, 0.5) is 10.1 Å². The van der Waals surface area contributed by atoms with Crippen LogP contribution in [0.5, 0.6) is 0 Å². The predicted molar refractivity (Wildman–Crippen MR) is 60.4 cm³/mol. The number of nitrogens with zero attached hydrogens (tertiary/aromatic N) is 1. The average Bonchev–Trinajstić information content (AvgIpc) is 2.73. The first-order valence-corrected chi connectivity index (χ1v) is 5.47. The Labute approximate surface area is 93.2 Å². The molecule has 0 bridgehead atoms. The Bertz CT molecular complexity index is 462. The van der Waals surface area contributed by atoms with Crippen LogP contribution in [0.1, 0.15) is 0 Å². The number of rotatable bonds is 1. The van der Waals surface area contributed by atoms with Crippen LogP contribution in [0.3, 0.4) is 0 Å². The van der Waals surface area contributed by atoms with E-state index in [4.69, 9.17) is 4.42 Å². The van der Waals surface area contributed by atoms with E-state index in [1.165, 1.54) is 6.07 Å². The first kappa shape index (κ1) is 9.66. The van der Waals surface area contributed by atoms with Crippen LogP contribution in [0.25, 0.3) is 11.3 Å². The van der Waals surface area contributed by atoms with Crippen molar-refractivity contribution in [3.8, 4) is 11.3 Å². The monoisotopic (exact) mass is 220 g/mol. The second kappa shape index (κ2) is 3.79. The van der Waals surface area contributed by atoms with Crippen LogP contribution < -0.4 is 10.2 Å². The topological polar surface area (TPSA) is 28.4 Å². The van der Waals surface area contributed by atoms with Gasteiger partial charge in [0.25, 0.3) is 0 Å². The largest absolute Gasteiger partial charge is 0.459 e. The third-order valence-corrected chi connectivity index (χ3v) is 2.96. The molecule has 0 aromatic carbocycles. The van der Waals surface area contributed by atoms with Crippen molar-refractivity contribution < 1.29 is 8.81 Å². The molecule has 0 aromatic rings. The number of hydrogen-bond acceptors (Lipinski definition) is 3. The number of fused-ring (bicyclic) bond motifs is 1. The second-order valence-corrected chi connectivity index (χ2v) is 4.01. The number of piperazine rings is 1. The first-order chi connectivity index (χ1) is 7.84. The minimum absolute atomic E-state index is 0.329. The smallest absolute Gasteiger partial charge is 0.158 e. The molecular weight excluding hydrogens is 207 g/mol. The van der Waals surface area contributed by atoms with Crippen LogP contribution in [0, 0.1) is 5.82 Å². The Morgan fingerprint density at radius 2 is 2.06 bits per heavy atom. The fraction of sp³-hybridized carbons (Fsp3) is 0.333. The van der Waals surface area contributed by atoms with Gasteiger partial charge in [0.2, 0.25) is 0 Å². The Kier molecular flexibility index (Phi) is 2.29. The summed E-state index contributed by atoms with van der Waals surface area (Å²) in [5.74, 6) is 0.452. The highest BCUT2D eigenvalue weighted by atomic mass is 19.1. The lowest BCUT2D eigenvalue weighted by Crippen LogP contribution is -2.43. The summed E-state index contributed by atoms with van der Waals surface area (Å²) in [5.41, 5.74) is 1.89. The minimum Gasteiger partial charge on any atom is -0.459 e. The van der Waals surface area contributed by atoms with Gasteiger partial charge in [-0.05, 0) is 18.2 Å². The molecule has 1 aliphatic carbocycles. The molecule has 4 heteroatoms. The van der Waals surface area contributed by atoms with Gasteiger partial charge in [0, 0.05) is 31.7 Å². The lowest BCUT2D eigenvalue weighted by atomic mass is 10.2. The molecule has 1 N–H and O–H groups in total. The van der Waals surface area contributed by atoms with Crippen molar-refractivity contribution in [1.82, 2.24) is 5.32 Å². The summed E-state index contributed by atoms with van der Waals surface area (Å²) >= 11 is 0. The molecule has 0 radical (unpaired) electrons. The van der Waals surface area contributed by atoms with E-state index in [1.807, 2.05) is 12.1 Å². The van der Waals surface area contributed by atoms with Crippen LogP contribution in [0.15, 0.2) is 28.9 Å². The third kappa shape index (κ3) is 1.55. The molecule has 0 saturated carbocycles. The Hall–Kier alpha value is -1.55. The molecule has 2 heterocycles. The molecule has 0 atom stereocenters. The van der Waals surface area contributed by atoms with Crippen LogP contribution in [-0.4, -0.2) is 26.2 Å². The summed E-state index contributed by atoms with van der Waals surface area (Å²) in [6.45, 7) is 3.89. The Balaban J connectivity index is 1.98. The summed E-state index contributed by atoms with van der Waals surface area (Å²) in [6, 6.07) is 5.41. The molecule has 0 unspecified atom stereocenters. The van der Waals surface area contributed by atoms with Crippen molar-refractivity contribution in [2.45, 2.75) is 0 Å².